The Morgan fingerprint density at radius 1 is 1.59 bits per heavy atom. The van der Waals surface area contributed by atoms with E-state index < -0.39 is 0 Å². The van der Waals surface area contributed by atoms with Gasteiger partial charge in [0.05, 0.1) is 7.11 Å². The summed E-state index contributed by atoms with van der Waals surface area (Å²) in [4.78, 5) is 11.6. The highest BCUT2D eigenvalue weighted by atomic mass is 35.5. The first-order chi connectivity index (χ1) is 8.08. The average Bonchev–Trinajstić information content (AvgIpc) is 2.35. The first-order valence-corrected chi connectivity index (χ1v) is 5.76. The van der Waals surface area contributed by atoms with Gasteiger partial charge in [-0.3, -0.25) is 4.79 Å². The predicted octanol–water partition coefficient (Wildman–Crippen LogP) is 1.56. The number of ether oxygens (including phenoxy) is 1. The van der Waals surface area contributed by atoms with E-state index in [0.29, 0.717) is 23.9 Å². The number of carbonyl (C=O) groups excluding carboxylic acids is 1. The van der Waals surface area contributed by atoms with Crippen LogP contribution in [0.3, 0.4) is 0 Å². The fourth-order valence-corrected chi connectivity index (χ4v) is 1.54. The van der Waals surface area contributed by atoms with Crippen molar-refractivity contribution >= 4 is 17.5 Å². The van der Waals surface area contributed by atoms with Crippen molar-refractivity contribution in [2.24, 2.45) is 11.7 Å². The molecule has 1 aromatic carbocycles. The van der Waals surface area contributed by atoms with Crippen LogP contribution in [0.25, 0.3) is 0 Å². The number of hydrogen-bond donors (Lipinski definition) is 2. The van der Waals surface area contributed by atoms with Gasteiger partial charge in [0, 0.05) is 29.6 Å². The second-order valence-corrected chi connectivity index (χ2v) is 4.25. The van der Waals surface area contributed by atoms with Crippen LogP contribution in [0.2, 0.25) is 5.02 Å². The molecule has 0 saturated heterocycles. The van der Waals surface area contributed by atoms with E-state index in [2.05, 4.69) is 5.32 Å². The SMILES string of the molecule is COc1ccc(Cl)cc1CNC(=O)C(C)CN. The smallest absolute Gasteiger partial charge is 0.224 e. The minimum absolute atomic E-state index is 0.0745. The lowest BCUT2D eigenvalue weighted by Gasteiger charge is -2.12. The molecular weight excluding hydrogens is 240 g/mol. The minimum Gasteiger partial charge on any atom is -0.496 e. The van der Waals surface area contributed by atoms with Gasteiger partial charge >= 0.3 is 0 Å². The molecule has 0 fully saturated rings. The molecule has 0 aromatic heterocycles. The maximum absolute atomic E-state index is 11.6. The van der Waals surface area contributed by atoms with Gasteiger partial charge in [-0.15, -0.1) is 0 Å². The van der Waals surface area contributed by atoms with Gasteiger partial charge in [0.1, 0.15) is 5.75 Å². The summed E-state index contributed by atoms with van der Waals surface area (Å²) >= 11 is 5.89. The molecule has 17 heavy (non-hydrogen) atoms. The Hall–Kier alpha value is -1.26. The molecule has 0 saturated carbocycles. The second kappa shape index (κ2) is 6.47. The molecule has 0 aliphatic carbocycles. The summed E-state index contributed by atoms with van der Waals surface area (Å²) in [7, 11) is 1.58. The maximum Gasteiger partial charge on any atom is 0.224 e. The molecular formula is C12H17ClN2O2. The first-order valence-electron chi connectivity index (χ1n) is 5.38. The molecule has 1 amide bonds. The molecule has 3 N–H and O–H groups in total. The highest BCUT2D eigenvalue weighted by Crippen LogP contribution is 2.22. The number of hydrogen-bond acceptors (Lipinski definition) is 3. The molecule has 0 aliphatic heterocycles. The Morgan fingerprint density at radius 2 is 2.29 bits per heavy atom. The summed E-state index contributed by atoms with van der Waals surface area (Å²) < 4.78 is 5.18. The molecule has 1 unspecified atom stereocenters. The van der Waals surface area contributed by atoms with Gasteiger partial charge in [0.15, 0.2) is 0 Å². The van der Waals surface area contributed by atoms with Crippen LogP contribution in [0, 0.1) is 5.92 Å². The summed E-state index contributed by atoms with van der Waals surface area (Å²) in [6.45, 7) is 2.50. The summed E-state index contributed by atoms with van der Waals surface area (Å²) in [5, 5.41) is 3.41. The van der Waals surface area contributed by atoms with Crippen molar-refractivity contribution in [3.05, 3.63) is 28.8 Å². The molecule has 1 atom stereocenters. The standard InChI is InChI=1S/C12H17ClN2O2/c1-8(6-14)12(16)15-7-9-5-10(13)3-4-11(9)17-2/h3-5,8H,6-7,14H2,1-2H3,(H,15,16). The van der Waals surface area contributed by atoms with Crippen LogP contribution in [-0.2, 0) is 11.3 Å². The van der Waals surface area contributed by atoms with Gasteiger partial charge in [-0.05, 0) is 18.2 Å². The van der Waals surface area contributed by atoms with E-state index in [1.54, 1.807) is 32.2 Å². The van der Waals surface area contributed by atoms with Gasteiger partial charge in [0.25, 0.3) is 0 Å². The maximum atomic E-state index is 11.6. The average molecular weight is 257 g/mol. The van der Waals surface area contributed by atoms with Crippen LogP contribution in [0.4, 0.5) is 0 Å². The van der Waals surface area contributed by atoms with Crippen LogP contribution < -0.4 is 15.8 Å². The molecule has 1 aromatic rings. The molecule has 1 rings (SSSR count). The number of methoxy groups -OCH3 is 1. The van der Waals surface area contributed by atoms with Gasteiger partial charge in [-0.2, -0.15) is 0 Å². The van der Waals surface area contributed by atoms with Crippen LogP contribution in [0.15, 0.2) is 18.2 Å². The van der Waals surface area contributed by atoms with Crippen molar-refractivity contribution in [1.29, 1.82) is 0 Å². The topological polar surface area (TPSA) is 64.3 Å². The first kappa shape index (κ1) is 13.8. The van der Waals surface area contributed by atoms with Crippen molar-refractivity contribution in [2.75, 3.05) is 13.7 Å². The molecule has 0 spiro atoms. The zero-order valence-corrected chi connectivity index (χ0v) is 10.8. The predicted molar refractivity (Wildman–Crippen MR) is 68.1 cm³/mol. The Labute approximate surface area is 106 Å². The molecule has 4 nitrogen and oxygen atoms in total. The van der Waals surface area contributed by atoms with Crippen molar-refractivity contribution < 1.29 is 9.53 Å². The van der Waals surface area contributed by atoms with E-state index in [-0.39, 0.29) is 11.8 Å². The van der Waals surface area contributed by atoms with E-state index in [4.69, 9.17) is 22.1 Å². The van der Waals surface area contributed by atoms with Crippen molar-refractivity contribution in [3.63, 3.8) is 0 Å². The zero-order valence-electron chi connectivity index (χ0n) is 10.00. The van der Waals surface area contributed by atoms with Gasteiger partial charge in [-0.25, -0.2) is 0 Å². The van der Waals surface area contributed by atoms with Crippen molar-refractivity contribution in [1.82, 2.24) is 5.32 Å². The highest BCUT2D eigenvalue weighted by Gasteiger charge is 2.11. The Morgan fingerprint density at radius 3 is 2.88 bits per heavy atom. The third-order valence-corrected chi connectivity index (χ3v) is 2.73. The van der Waals surface area contributed by atoms with E-state index >= 15 is 0 Å². The molecule has 0 bridgehead atoms. The van der Waals surface area contributed by atoms with E-state index in [1.807, 2.05) is 0 Å². The number of carbonyl (C=O) groups is 1. The van der Waals surface area contributed by atoms with E-state index in [0.717, 1.165) is 5.56 Å². The number of nitrogens with two attached hydrogens (primary N) is 1. The number of rotatable bonds is 5. The monoisotopic (exact) mass is 256 g/mol. The van der Waals surface area contributed by atoms with Crippen LogP contribution in [0.1, 0.15) is 12.5 Å². The molecule has 0 radical (unpaired) electrons. The lowest BCUT2D eigenvalue weighted by molar-refractivity contribution is -0.124. The number of amides is 1. The van der Waals surface area contributed by atoms with Crippen LogP contribution >= 0.6 is 11.6 Å². The number of nitrogens with one attached hydrogen (secondary N) is 1. The largest absolute Gasteiger partial charge is 0.496 e. The molecule has 0 heterocycles. The van der Waals surface area contributed by atoms with Gasteiger partial charge < -0.3 is 15.8 Å². The Bertz CT molecular complexity index is 396. The summed E-state index contributed by atoms with van der Waals surface area (Å²) in [5.74, 6) is 0.435. The zero-order chi connectivity index (χ0) is 12.8. The fraction of sp³-hybridized carbons (Fsp3) is 0.417. The van der Waals surface area contributed by atoms with Crippen LogP contribution in [0.5, 0.6) is 5.75 Å². The summed E-state index contributed by atoms with van der Waals surface area (Å²) in [5.41, 5.74) is 6.26. The van der Waals surface area contributed by atoms with Gasteiger partial charge in [-0.1, -0.05) is 18.5 Å². The fourth-order valence-electron chi connectivity index (χ4n) is 1.35. The normalized spacial score (nSPS) is 12.0. The van der Waals surface area contributed by atoms with E-state index in [9.17, 15) is 4.79 Å². The van der Waals surface area contributed by atoms with Crippen molar-refractivity contribution in [3.8, 4) is 5.75 Å². The Kier molecular flexibility index (Phi) is 5.25. The number of benzene rings is 1. The lowest BCUT2D eigenvalue weighted by atomic mass is 10.1. The minimum atomic E-state index is -0.194. The molecule has 5 heteroatoms. The number of halogens is 1. The highest BCUT2D eigenvalue weighted by molar-refractivity contribution is 6.30. The van der Waals surface area contributed by atoms with Gasteiger partial charge in [0.2, 0.25) is 5.91 Å². The van der Waals surface area contributed by atoms with Crippen LogP contribution in [-0.4, -0.2) is 19.6 Å². The Balaban J connectivity index is 2.68. The van der Waals surface area contributed by atoms with Crippen molar-refractivity contribution in [2.45, 2.75) is 13.5 Å². The summed E-state index contributed by atoms with van der Waals surface area (Å²) in [6.07, 6.45) is 0. The third-order valence-electron chi connectivity index (χ3n) is 2.50. The molecule has 0 aliphatic rings. The lowest BCUT2D eigenvalue weighted by Crippen LogP contribution is -2.32. The third kappa shape index (κ3) is 3.91. The summed E-state index contributed by atoms with van der Waals surface area (Å²) in [6, 6.07) is 5.29. The molecule has 94 valence electrons. The second-order valence-electron chi connectivity index (χ2n) is 3.81. The van der Waals surface area contributed by atoms with E-state index in [1.165, 1.54) is 0 Å². The quantitative estimate of drug-likeness (QED) is 0.840.